The third kappa shape index (κ3) is 3.88. The van der Waals surface area contributed by atoms with Crippen LogP contribution in [-0.2, 0) is 13.6 Å². The highest BCUT2D eigenvalue weighted by atomic mass is 32.1. The molecule has 2 N–H and O–H groups in total. The molecule has 0 aliphatic carbocycles. The summed E-state index contributed by atoms with van der Waals surface area (Å²) >= 11 is 5.12. The molecule has 0 spiro atoms. The molecule has 8 heteroatoms. The summed E-state index contributed by atoms with van der Waals surface area (Å²) in [5, 5.41) is 14.5. The van der Waals surface area contributed by atoms with Crippen LogP contribution in [0.3, 0.4) is 0 Å². The fourth-order valence-corrected chi connectivity index (χ4v) is 3.20. The Hall–Kier alpha value is -3.52. The van der Waals surface area contributed by atoms with Crippen molar-refractivity contribution < 1.29 is 4.79 Å². The first-order chi connectivity index (χ1) is 14.0. The summed E-state index contributed by atoms with van der Waals surface area (Å²) in [6, 6.07) is 17.7. The van der Waals surface area contributed by atoms with E-state index in [1.165, 1.54) is 0 Å². The number of amides is 1. The second-order valence-electron chi connectivity index (χ2n) is 6.73. The molecular formula is C21H20N6OS. The number of H-pyrrole nitrogens is 1. The van der Waals surface area contributed by atoms with Crippen LogP contribution >= 0.6 is 12.2 Å². The van der Waals surface area contributed by atoms with E-state index in [0.717, 1.165) is 16.8 Å². The van der Waals surface area contributed by atoms with Gasteiger partial charge in [0.15, 0.2) is 10.6 Å². The Kier molecular flexibility index (Phi) is 5.09. The van der Waals surface area contributed by atoms with Gasteiger partial charge >= 0.3 is 0 Å². The first-order valence-corrected chi connectivity index (χ1v) is 9.54. The number of benzene rings is 2. The van der Waals surface area contributed by atoms with Crippen LogP contribution < -0.4 is 5.32 Å². The molecule has 146 valence electrons. The van der Waals surface area contributed by atoms with Crippen molar-refractivity contribution >= 4 is 18.1 Å². The van der Waals surface area contributed by atoms with Crippen molar-refractivity contribution in [2.24, 2.45) is 7.05 Å². The van der Waals surface area contributed by atoms with Crippen LogP contribution in [0.2, 0.25) is 0 Å². The van der Waals surface area contributed by atoms with Gasteiger partial charge in [0.1, 0.15) is 5.69 Å². The Bertz CT molecular complexity index is 1220. The molecule has 29 heavy (non-hydrogen) atoms. The van der Waals surface area contributed by atoms with Gasteiger partial charge in [-0.05, 0) is 37.3 Å². The second kappa shape index (κ2) is 7.84. The minimum Gasteiger partial charge on any atom is -0.345 e. The first kappa shape index (κ1) is 18.8. The SMILES string of the molecule is Cc1cccc(-c2nn(-c3ccccc3)cc2C(=O)NCc2n[nH]c(=S)n2C)c1. The minimum absolute atomic E-state index is 0.224. The quantitative estimate of drug-likeness (QED) is 0.499. The van der Waals surface area contributed by atoms with Crippen molar-refractivity contribution in [2.75, 3.05) is 0 Å². The molecular weight excluding hydrogens is 384 g/mol. The third-order valence-corrected chi connectivity index (χ3v) is 5.02. The van der Waals surface area contributed by atoms with E-state index in [0.29, 0.717) is 21.9 Å². The molecule has 0 saturated heterocycles. The van der Waals surface area contributed by atoms with Gasteiger partial charge in [-0.25, -0.2) is 4.68 Å². The van der Waals surface area contributed by atoms with Crippen LogP contribution in [0.25, 0.3) is 16.9 Å². The van der Waals surface area contributed by atoms with Crippen LogP contribution in [0.4, 0.5) is 0 Å². The predicted molar refractivity (Wildman–Crippen MR) is 113 cm³/mol. The molecule has 7 nitrogen and oxygen atoms in total. The van der Waals surface area contributed by atoms with Crippen LogP contribution in [0, 0.1) is 11.7 Å². The first-order valence-electron chi connectivity index (χ1n) is 9.13. The highest BCUT2D eigenvalue weighted by Crippen LogP contribution is 2.24. The molecule has 0 unspecified atom stereocenters. The maximum Gasteiger partial charge on any atom is 0.255 e. The predicted octanol–water partition coefficient (Wildman–Crippen LogP) is 3.57. The fourth-order valence-electron chi connectivity index (χ4n) is 3.05. The number of carbonyl (C=O) groups is 1. The van der Waals surface area contributed by atoms with Crippen molar-refractivity contribution in [2.45, 2.75) is 13.5 Å². The van der Waals surface area contributed by atoms with E-state index in [1.807, 2.05) is 61.5 Å². The third-order valence-electron chi connectivity index (χ3n) is 4.65. The van der Waals surface area contributed by atoms with E-state index >= 15 is 0 Å². The summed E-state index contributed by atoms with van der Waals surface area (Å²) in [6.07, 6.45) is 1.76. The summed E-state index contributed by atoms with van der Waals surface area (Å²) in [5.74, 6) is 0.425. The number of aromatic nitrogens is 5. The van der Waals surface area contributed by atoms with Crippen LogP contribution in [0.15, 0.2) is 60.8 Å². The molecule has 0 atom stereocenters. The average molecular weight is 404 g/mol. The Labute approximate surface area is 173 Å². The molecule has 4 aromatic rings. The average Bonchev–Trinajstić information content (AvgIpc) is 3.32. The van der Waals surface area contributed by atoms with Gasteiger partial charge in [0, 0.05) is 18.8 Å². The summed E-state index contributed by atoms with van der Waals surface area (Å²) in [6.45, 7) is 2.27. The zero-order valence-electron chi connectivity index (χ0n) is 16.1. The van der Waals surface area contributed by atoms with Crippen molar-refractivity contribution in [1.29, 1.82) is 0 Å². The van der Waals surface area contributed by atoms with Crippen molar-refractivity contribution in [3.05, 3.63) is 82.5 Å². The Morgan fingerprint density at radius 2 is 1.97 bits per heavy atom. The number of aromatic amines is 1. The number of hydrogen-bond donors (Lipinski definition) is 2. The van der Waals surface area contributed by atoms with E-state index in [1.54, 1.807) is 22.5 Å². The van der Waals surface area contributed by atoms with Crippen molar-refractivity contribution in [3.8, 4) is 16.9 Å². The van der Waals surface area contributed by atoms with Gasteiger partial charge in [-0.2, -0.15) is 10.2 Å². The van der Waals surface area contributed by atoms with E-state index in [-0.39, 0.29) is 12.5 Å². The van der Waals surface area contributed by atoms with E-state index < -0.39 is 0 Å². The van der Waals surface area contributed by atoms with Gasteiger partial charge in [-0.1, -0.05) is 42.0 Å². The molecule has 0 saturated carbocycles. The number of aryl methyl sites for hydroxylation is 1. The summed E-state index contributed by atoms with van der Waals surface area (Å²) in [4.78, 5) is 13.0. The van der Waals surface area contributed by atoms with Crippen molar-refractivity contribution in [3.63, 3.8) is 0 Å². The van der Waals surface area contributed by atoms with E-state index in [4.69, 9.17) is 17.3 Å². The number of carbonyl (C=O) groups excluding carboxylic acids is 1. The van der Waals surface area contributed by atoms with Gasteiger partial charge < -0.3 is 9.88 Å². The minimum atomic E-state index is -0.224. The zero-order chi connectivity index (χ0) is 20.4. The normalized spacial score (nSPS) is 10.8. The topological polar surface area (TPSA) is 80.5 Å². The van der Waals surface area contributed by atoms with Gasteiger partial charge in [-0.15, -0.1) is 0 Å². The van der Waals surface area contributed by atoms with Gasteiger partial charge in [0.2, 0.25) is 0 Å². The molecule has 2 aromatic carbocycles. The standard InChI is InChI=1S/C21H20N6OS/c1-14-7-6-8-15(11-14)19-17(13-27(25-19)16-9-4-3-5-10-16)20(28)22-12-18-23-24-21(29)26(18)2/h3-11,13H,12H2,1-2H3,(H,22,28)(H,24,29). The molecule has 2 heterocycles. The van der Waals surface area contributed by atoms with E-state index in [2.05, 4.69) is 15.5 Å². The maximum atomic E-state index is 13.0. The molecule has 0 radical (unpaired) electrons. The number of hydrogen-bond acceptors (Lipinski definition) is 4. The molecule has 2 aromatic heterocycles. The highest BCUT2D eigenvalue weighted by molar-refractivity contribution is 7.71. The molecule has 0 fully saturated rings. The Balaban J connectivity index is 1.70. The number of nitrogens with zero attached hydrogens (tertiary/aromatic N) is 4. The van der Waals surface area contributed by atoms with E-state index in [9.17, 15) is 4.79 Å². The largest absolute Gasteiger partial charge is 0.345 e. The number of para-hydroxylation sites is 1. The summed E-state index contributed by atoms with van der Waals surface area (Å²) in [5.41, 5.74) is 4.00. The fraction of sp³-hybridized carbons (Fsp3) is 0.143. The lowest BCUT2D eigenvalue weighted by Crippen LogP contribution is -2.24. The smallest absolute Gasteiger partial charge is 0.255 e. The summed E-state index contributed by atoms with van der Waals surface area (Å²) < 4.78 is 3.96. The zero-order valence-corrected chi connectivity index (χ0v) is 16.9. The Morgan fingerprint density at radius 3 is 2.66 bits per heavy atom. The van der Waals surface area contributed by atoms with Gasteiger partial charge in [-0.3, -0.25) is 9.89 Å². The molecule has 0 aliphatic rings. The van der Waals surface area contributed by atoms with Gasteiger partial charge in [0.05, 0.1) is 17.8 Å². The molecule has 0 bridgehead atoms. The lowest BCUT2D eigenvalue weighted by molar-refractivity contribution is 0.0950. The van der Waals surface area contributed by atoms with Crippen LogP contribution in [0.1, 0.15) is 21.7 Å². The van der Waals surface area contributed by atoms with Crippen LogP contribution in [0.5, 0.6) is 0 Å². The Morgan fingerprint density at radius 1 is 1.17 bits per heavy atom. The second-order valence-corrected chi connectivity index (χ2v) is 7.11. The van der Waals surface area contributed by atoms with Crippen molar-refractivity contribution in [1.82, 2.24) is 29.9 Å². The maximum absolute atomic E-state index is 13.0. The van der Waals surface area contributed by atoms with Gasteiger partial charge in [0.25, 0.3) is 5.91 Å². The lowest BCUT2D eigenvalue weighted by Gasteiger charge is -2.05. The summed E-state index contributed by atoms with van der Waals surface area (Å²) in [7, 11) is 1.80. The monoisotopic (exact) mass is 404 g/mol. The molecule has 0 aliphatic heterocycles. The van der Waals surface area contributed by atoms with Crippen LogP contribution in [-0.4, -0.2) is 30.5 Å². The molecule has 1 amide bonds. The number of rotatable bonds is 5. The lowest BCUT2D eigenvalue weighted by atomic mass is 10.1. The number of nitrogens with one attached hydrogen (secondary N) is 2. The molecule has 4 rings (SSSR count). The highest BCUT2D eigenvalue weighted by Gasteiger charge is 2.19.